The Kier molecular flexibility index (Phi) is 4.47. The zero-order valence-corrected chi connectivity index (χ0v) is 11.0. The molecule has 104 valence electrons. The van der Waals surface area contributed by atoms with E-state index in [-0.39, 0.29) is 5.56 Å². The molecule has 1 atom stereocenters. The normalized spacial score (nSPS) is 19.5. The van der Waals surface area contributed by atoms with E-state index in [0.717, 1.165) is 25.5 Å². The molecule has 2 rings (SSSR count). The molecule has 0 aliphatic carbocycles. The summed E-state index contributed by atoms with van der Waals surface area (Å²) in [5.41, 5.74) is -0.176. The van der Waals surface area contributed by atoms with Crippen LogP contribution in [0.5, 0.6) is 0 Å². The summed E-state index contributed by atoms with van der Waals surface area (Å²) in [5.74, 6) is -2.07. The molecule has 1 aromatic carbocycles. The average Bonchev–Trinajstić information content (AvgIpc) is 2.42. The van der Waals surface area contributed by atoms with Gasteiger partial charge in [0.1, 0.15) is 0 Å². The number of rotatable bonds is 3. The summed E-state index contributed by atoms with van der Waals surface area (Å²) in [4.78, 5) is 13.8. The number of carbonyl (C=O) groups is 1. The molecule has 1 aliphatic heterocycles. The first-order valence-electron chi connectivity index (χ1n) is 6.51. The van der Waals surface area contributed by atoms with Crippen molar-refractivity contribution in [3.05, 3.63) is 35.4 Å². The van der Waals surface area contributed by atoms with Gasteiger partial charge in [-0.25, -0.2) is 8.78 Å². The van der Waals surface area contributed by atoms with Crippen LogP contribution in [0.25, 0.3) is 0 Å². The second-order valence-electron chi connectivity index (χ2n) is 4.92. The highest BCUT2D eigenvalue weighted by atomic mass is 19.2. The molecule has 1 saturated heterocycles. The average molecular weight is 268 g/mol. The lowest BCUT2D eigenvalue weighted by molar-refractivity contribution is 0.0668. The number of benzene rings is 1. The first-order chi connectivity index (χ1) is 9.13. The molecule has 0 spiro atoms. The maximum Gasteiger partial charge on any atom is 0.256 e. The summed E-state index contributed by atoms with van der Waals surface area (Å²) < 4.78 is 26.8. The second kappa shape index (κ2) is 6.10. The third-order valence-corrected chi connectivity index (χ3v) is 3.48. The van der Waals surface area contributed by atoms with Crippen LogP contribution in [-0.4, -0.2) is 37.5 Å². The maximum absolute atomic E-state index is 13.6. The van der Waals surface area contributed by atoms with E-state index in [1.54, 1.807) is 4.90 Å². The second-order valence-corrected chi connectivity index (χ2v) is 4.92. The lowest BCUT2D eigenvalue weighted by atomic mass is 9.97. The summed E-state index contributed by atoms with van der Waals surface area (Å²) in [7, 11) is 1.87. The van der Waals surface area contributed by atoms with Gasteiger partial charge in [0.05, 0.1) is 5.56 Å². The molecule has 19 heavy (non-hydrogen) atoms. The molecular formula is C14H18F2N2O. The number of amides is 1. The molecule has 1 aromatic rings. The minimum Gasteiger partial charge on any atom is -0.338 e. The topological polar surface area (TPSA) is 32.3 Å². The highest BCUT2D eigenvalue weighted by molar-refractivity contribution is 5.94. The van der Waals surface area contributed by atoms with Gasteiger partial charge in [0.15, 0.2) is 11.6 Å². The van der Waals surface area contributed by atoms with Gasteiger partial charge in [-0.1, -0.05) is 6.07 Å². The predicted molar refractivity (Wildman–Crippen MR) is 68.9 cm³/mol. The van der Waals surface area contributed by atoms with Gasteiger partial charge >= 0.3 is 0 Å². The van der Waals surface area contributed by atoms with Crippen molar-refractivity contribution in [1.82, 2.24) is 10.2 Å². The van der Waals surface area contributed by atoms with Crippen molar-refractivity contribution in [2.45, 2.75) is 12.8 Å². The summed E-state index contributed by atoms with van der Waals surface area (Å²) in [6.07, 6.45) is 1.95. The van der Waals surface area contributed by atoms with Crippen molar-refractivity contribution in [3.8, 4) is 0 Å². The number of hydrogen-bond acceptors (Lipinski definition) is 2. The first-order valence-corrected chi connectivity index (χ1v) is 6.51. The van der Waals surface area contributed by atoms with Gasteiger partial charge in [0.2, 0.25) is 0 Å². The van der Waals surface area contributed by atoms with Gasteiger partial charge < -0.3 is 10.2 Å². The summed E-state index contributed by atoms with van der Waals surface area (Å²) in [6, 6.07) is 3.72. The molecule has 0 bridgehead atoms. The van der Waals surface area contributed by atoms with Crippen LogP contribution in [0.3, 0.4) is 0 Å². The Morgan fingerprint density at radius 1 is 1.47 bits per heavy atom. The zero-order valence-electron chi connectivity index (χ0n) is 11.0. The lowest BCUT2D eigenvalue weighted by Crippen LogP contribution is -2.42. The van der Waals surface area contributed by atoms with Crippen LogP contribution in [-0.2, 0) is 0 Å². The summed E-state index contributed by atoms with van der Waals surface area (Å²) >= 11 is 0. The molecule has 1 heterocycles. The van der Waals surface area contributed by atoms with Crippen molar-refractivity contribution in [2.75, 3.05) is 26.7 Å². The lowest BCUT2D eigenvalue weighted by Gasteiger charge is -2.32. The Labute approximate surface area is 111 Å². The summed E-state index contributed by atoms with van der Waals surface area (Å²) in [5, 5.41) is 3.09. The largest absolute Gasteiger partial charge is 0.338 e. The Morgan fingerprint density at radius 2 is 2.26 bits per heavy atom. The van der Waals surface area contributed by atoms with E-state index < -0.39 is 17.5 Å². The van der Waals surface area contributed by atoms with E-state index in [4.69, 9.17) is 0 Å². The van der Waals surface area contributed by atoms with Crippen molar-refractivity contribution < 1.29 is 13.6 Å². The molecule has 1 amide bonds. The van der Waals surface area contributed by atoms with Crippen LogP contribution in [0.15, 0.2) is 18.2 Å². The number of hydrogen-bond donors (Lipinski definition) is 1. The Balaban J connectivity index is 2.12. The van der Waals surface area contributed by atoms with E-state index in [9.17, 15) is 13.6 Å². The standard InChI is InChI=1S/C14H18F2N2O/c1-17-8-10-4-3-7-18(9-10)14(19)11-5-2-6-12(15)13(11)16/h2,5-6,10,17H,3-4,7-9H2,1H3. The van der Waals surface area contributed by atoms with Crippen molar-refractivity contribution in [1.29, 1.82) is 0 Å². The van der Waals surface area contributed by atoms with Gasteiger partial charge in [-0.2, -0.15) is 0 Å². The Hall–Kier alpha value is -1.49. The predicted octanol–water partition coefficient (Wildman–Crippen LogP) is 2.04. The minimum atomic E-state index is -1.05. The van der Waals surface area contributed by atoms with Crippen LogP contribution in [0.2, 0.25) is 0 Å². The van der Waals surface area contributed by atoms with E-state index in [1.807, 2.05) is 7.05 Å². The van der Waals surface area contributed by atoms with E-state index in [1.165, 1.54) is 12.1 Å². The molecule has 1 unspecified atom stereocenters. The molecule has 3 nitrogen and oxygen atoms in total. The molecule has 5 heteroatoms. The highest BCUT2D eigenvalue weighted by Crippen LogP contribution is 2.20. The molecule has 0 saturated carbocycles. The van der Waals surface area contributed by atoms with E-state index >= 15 is 0 Å². The van der Waals surface area contributed by atoms with Crippen LogP contribution >= 0.6 is 0 Å². The highest BCUT2D eigenvalue weighted by Gasteiger charge is 2.26. The fourth-order valence-corrected chi connectivity index (χ4v) is 2.54. The van der Waals surface area contributed by atoms with Gasteiger partial charge in [-0.15, -0.1) is 0 Å². The number of carbonyl (C=O) groups excluding carboxylic acids is 1. The molecule has 1 aliphatic rings. The van der Waals surface area contributed by atoms with Gasteiger partial charge in [0.25, 0.3) is 5.91 Å². The van der Waals surface area contributed by atoms with Gasteiger partial charge in [-0.3, -0.25) is 4.79 Å². The van der Waals surface area contributed by atoms with Crippen LogP contribution in [0.4, 0.5) is 8.78 Å². The van der Waals surface area contributed by atoms with Gasteiger partial charge in [-0.05, 0) is 44.5 Å². The maximum atomic E-state index is 13.6. The van der Waals surface area contributed by atoms with Crippen molar-refractivity contribution in [3.63, 3.8) is 0 Å². The van der Waals surface area contributed by atoms with E-state index in [2.05, 4.69) is 5.32 Å². The van der Waals surface area contributed by atoms with Crippen LogP contribution in [0.1, 0.15) is 23.2 Å². The van der Waals surface area contributed by atoms with Crippen molar-refractivity contribution >= 4 is 5.91 Å². The van der Waals surface area contributed by atoms with Crippen molar-refractivity contribution in [2.24, 2.45) is 5.92 Å². The smallest absolute Gasteiger partial charge is 0.256 e. The monoisotopic (exact) mass is 268 g/mol. The molecule has 1 N–H and O–H groups in total. The molecule has 0 radical (unpaired) electrons. The van der Waals surface area contributed by atoms with Crippen LogP contribution in [0, 0.1) is 17.6 Å². The molecular weight excluding hydrogens is 250 g/mol. The number of likely N-dealkylation sites (tertiary alicyclic amines) is 1. The van der Waals surface area contributed by atoms with Gasteiger partial charge in [0, 0.05) is 13.1 Å². The van der Waals surface area contributed by atoms with Crippen LogP contribution < -0.4 is 5.32 Å². The Bertz CT molecular complexity index is 463. The Morgan fingerprint density at radius 3 is 3.00 bits per heavy atom. The quantitative estimate of drug-likeness (QED) is 0.910. The molecule has 0 aromatic heterocycles. The fourth-order valence-electron chi connectivity index (χ4n) is 2.54. The fraction of sp³-hybridized carbons (Fsp3) is 0.500. The number of halogens is 2. The SMILES string of the molecule is CNCC1CCCN(C(=O)c2cccc(F)c2F)C1. The number of nitrogens with one attached hydrogen (secondary N) is 1. The summed E-state index contributed by atoms with van der Waals surface area (Å²) in [6.45, 7) is 2.03. The number of nitrogens with zero attached hydrogens (tertiary/aromatic N) is 1. The zero-order chi connectivity index (χ0) is 13.8. The number of piperidine rings is 1. The molecule has 1 fully saturated rings. The third kappa shape index (κ3) is 3.10. The minimum absolute atomic E-state index is 0.176. The first kappa shape index (κ1) is 13.9. The van der Waals surface area contributed by atoms with E-state index in [0.29, 0.717) is 19.0 Å². The third-order valence-electron chi connectivity index (χ3n) is 3.48.